The number of imidazole rings is 1. The zero-order valence-corrected chi connectivity index (χ0v) is 7.34. The lowest BCUT2D eigenvalue weighted by Crippen LogP contribution is -2.30. The Morgan fingerprint density at radius 2 is 1.86 bits per heavy atom. The van der Waals surface area contributed by atoms with E-state index in [4.69, 9.17) is 5.11 Å². The van der Waals surface area contributed by atoms with Crippen LogP contribution in [0.1, 0.15) is 6.42 Å². The van der Waals surface area contributed by atoms with E-state index in [-0.39, 0.29) is 6.61 Å². The second kappa shape index (κ2) is 6.42. The Morgan fingerprint density at radius 1 is 1.29 bits per heavy atom. The summed E-state index contributed by atoms with van der Waals surface area (Å²) < 4.78 is 41.0. The molecule has 0 aromatic carbocycles. The number of H-pyrrole nitrogens is 1. The van der Waals surface area contributed by atoms with E-state index < -0.39 is 7.25 Å². The minimum atomic E-state index is -6.00. The molecule has 2 N–H and O–H groups in total. The summed E-state index contributed by atoms with van der Waals surface area (Å²) in [7, 11) is -6.00. The van der Waals surface area contributed by atoms with Gasteiger partial charge in [-0.1, -0.05) is 0 Å². The molecule has 0 aliphatic rings. The van der Waals surface area contributed by atoms with E-state index in [0.29, 0.717) is 0 Å². The minimum absolute atomic E-state index is 0.262. The number of aliphatic hydroxyl groups excluding tert-OH is 1. The molecule has 1 aromatic heterocycles. The SMILES string of the molecule is F[B-](F)(F)F.OCCC[n+]1cc[nH]c1. The molecule has 14 heavy (non-hydrogen) atoms. The van der Waals surface area contributed by atoms with Gasteiger partial charge >= 0.3 is 7.25 Å². The average molecular weight is 214 g/mol. The quantitative estimate of drug-likeness (QED) is 0.439. The molecule has 0 aliphatic carbocycles. The highest BCUT2D eigenvalue weighted by molar-refractivity contribution is 6.50. The van der Waals surface area contributed by atoms with Crippen molar-refractivity contribution in [3.63, 3.8) is 0 Å². The van der Waals surface area contributed by atoms with Crippen LogP contribution in [0.3, 0.4) is 0 Å². The fraction of sp³-hybridized carbons (Fsp3) is 0.500. The first kappa shape index (κ1) is 13.0. The minimum Gasteiger partial charge on any atom is -0.418 e. The first-order chi connectivity index (χ1) is 6.43. The van der Waals surface area contributed by atoms with Crippen molar-refractivity contribution in [2.75, 3.05) is 6.61 Å². The molecule has 1 aromatic rings. The molecule has 0 saturated carbocycles. The molecular formula is C6H11BF4N2O. The van der Waals surface area contributed by atoms with Crippen molar-refractivity contribution < 1.29 is 26.9 Å². The number of rotatable bonds is 3. The number of hydrogen-bond acceptors (Lipinski definition) is 1. The van der Waals surface area contributed by atoms with Crippen LogP contribution in [0, 0.1) is 0 Å². The lowest BCUT2D eigenvalue weighted by Gasteiger charge is -1.94. The maximum Gasteiger partial charge on any atom is 0.673 e. The zero-order valence-electron chi connectivity index (χ0n) is 7.34. The summed E-state index contributed by atoms with van der Waals surface area (Å²) in [5.74, 6) is 0. The summed E-state index contributed by atoms with van der Waals surface area (Å²) in [5, 5.41) is 8.44. The number of halogens is 4. The highest BCUT2D eigenvalue weighted by atomic mass is 19.5. The van der Waals surface area contributed by atoms with Crippen molar-refractivity contribution in [3.8, 4) is 0 Å². The van der Waals surface area contributed by atoms with Gasteiger partial charge < -0.3 is 22.4 Å². The predicted octanol–water partition coefficient (Wildman–Crippen LogP) is 0.985. The molecule has 1 rings (SSSR count). The molecule has 0 bridgehead atoms. The van der Waals surface area contributed by atoms with Crippen LogP contribution in [0.4, 0.5) is 17.3 Å². The van der Waals surface area contributed by atoms with E-state index in [1.807, 2.05) is 23.3 Å². The zero-order chi connectivity index (χ0) is 11.0. The summed E-state index contributed by atoms with van der Waals surface area (Å²) in [4.78, 5) is 2.92. The van der Waals surface area contributed by atoms with Crippen LogP contribution in [-0.2, 0) is 6.54 Å². The molecule has 1 heterocycles. The molecule has 0 spiro atoms. The molecule has 0 unspecified atom stereocenters. The first-order valence-electron chi connectivity index (χ1n) is 3.93. The number of hydrogen-bond donors (Lipinski definition) is 2. The van der Waals surface area contributed by atoms with E-state index in [2.05, 4.69) is 4.98 Å². The normalized spacial score (nSPS) is 10.6. The van der Waals surface area contributed by atoms with Crippen LogP contribution in [-0.4, -0.2) is 24.0 Å². The highest BCUT2D eigenvalue weighted by Gasteiger charge is 2.20. The Hall–Kier alpha value is -1.05. The second-order valence-corrected chi connectivity index (χ2v) is 2.42. The van der Waals surface area contributed by atoms with Crippen LogP contribution in [0.2, 0.25) is 0 Å². The van der Waals surface area contributed by atoms with Crippen LogP contribution in [0.25, 0.3) is 0 Å². The van der Waals surface area contributed by atoms with Gasteiger partial charge in [-0.25, -0.2) is 4.57 Å². The van der Waals surface area contributed by atoms with Gasteiger partial charge in [-0.3, -0.25) is 4.98 Å². The third-order valence-corrected chi connectivity index (χ3v) is 1.18. The van der Waals surface area contributed by atoms with Gasteiger partial charge in [0, 0.05) is 13.0 Å². The highest BCUT2D eigenvalue weighted by Crippen LogP contribution is 2.06. The number of aromatic nitrogens is 2. The molecule has 8 heteroatoms. The molecule has 0 radical (unpaired) electrons. The van der Waals surface area contributed by atoms with Crippen LogP contribution in [0.15, 0.2) is 18.7 Å². The maximum atomic E-state index is 9.75. The van der Waals surface area contributed by atoms with Gasteiger partial charge in [0.1, 0.15) is 12.4 Å². The van der Waals surface area contributed by atoms with E-state index in [1.54, 1.807) is 0 Å². The second-order valence-electron chi connectivity index (χ2n) is 2.42. The number of aliphatic hydroxyl groups is 1. The molecule has 0 fully saturated rings. The largest absolute Gasteiger partial charge is 0.673 e. The molecule has 82 valence electrons. The van der Waals surface area contributed by atoms with Gasteiger partial charge in [0.2, 0.25) is 6.33 Å². The van der Waals surface area contributed by atoms with E-state index in [9.17, 15) is 17.3 Å². The van der Waals surface area contributed by atoms with Gasteiger partial charge in [0.25, 0.3) is 0 Å². The van der Waals surface area contributed by atoms with Crippen LogP contribution in [0.5, 0.6) is 0 Å². The smallest absolute Gasteiger partial charge is 0.418 e. The standard InChI is InChI=1S/C6H10N2O.BF4/c9-5-1-3-8-4-2-7-6-8;2-1(3,4)5/h2,4,6,9H,1,3,5H2;/q;-1/p+1. The molecule has 0 atom stereocenters. The van der Waals surface area contributed by atoms with E-state index in [0.717, 1.165) is 13.0 Å². The summed E-state index contributed by atoms with van der Waals surface area (Å²) >= 11 is 0. The predicted molar refractivity (Wildman–Crippen MR) is 42.9 cm³/mol. The summed E-state index contributed by atoms with van der Waals surface area (Å²) in [6, 6.07) is 0. The van der Waals surface area contributed by atoms with Crippen molar-refractivity contribution in [3.05, 3.63) is 18.7 Å². The van der Waals surface area contributed by atoms with Crippen molar-refractivity contribution in [1.29, 1.82) is 0 Å². The fourth-order valence-corrected chi connectivity index (χ4v) is 0.713. The molecule has 0 saturated heterocycles. The number of aryl methyl sites for hydroxylation is 1. The number of nitrogens with one attached hydrogen (secondary N) is 1. The topological polar surface area (TPSA) is 39.9 Å². The van der Waals surface area contributed by atoms with E-state index >= 15 is 0 Å². The molecule has 3 nitrogen and oxygen atoms in total. The van der Waals surface area contributed by atoms with E-state index in [1.165, 1.54) is 0 Å². The van der Waals surface area contributed by atoms with Gasteiger partial charge in [0.05, 0.1) is 6.54 Å². The Kier molecular flexibility index (Phi) is 5.94. The Balaban J connectivity index is 0.000000292. The monoisotopic (exact) mass is 214 g/mol. The Bertz CT molecular complexity index is 220. The molecule has 0 aliphatic heterocycles. The van der Waals surface area contributed by atoms with Crippen molar-refractivity contribution in [1.82, 2.24) is 4.98 Å². The summed E-state index contributed by atoms with van der Waals surface area (Å²) in [6.07, 6.45) is 6.49. The van der Waals surface area contributed by atoms with Crippen LogP contribution >= 0.6 is 0 Å². The van der Waals surface area contributed by atoms with Gasteiger partial charge in [-0.05, 0) is 0 Å². The van der Waals surface area contributed by atoms with Gasteiger partial charge in [-0.2, -0.15) is 0 Å². The average Bonchev–Trinajstić information content (AvgIpc) is 2.49. The van der Waals surface area contributed by atoms with Crippen molar-refractivity contribution in [2.45, 2.75) is 13.0 Å². The van der Waals surface area contributed by atoms with Gasteiger partial charge in [0.15, 0.2) is 0 Å². The first-order valence-corrected chi connectivity index (χ1v) is 3.93. The Morgan fingerprint density at radius 3 is 2.21 bits per heavy atom. The third-order valence-electron chi connectivity index (χ3n) is 1.18. The Labute approximate surface area is 78.5 Å². The summed E-state index contributed by atoms with van der Waals surface area (Å²) in [6.45, 7) is 1.15. The number of nitrogens with zero attached hydrogens (tertiary/aromatic N) is 1. The lowest BCUT2D eigenvalue weighted by molar-refractivity contribution is -0.696. The molecular weight excluding hydrogens is 203 g/mol. The van der Waals surface area contributed by atoms with Gasteiger partial charge in [-0.15, -0.1) is 0 Å². The van der Waals surface area contributed by atoms with Crippen molar-refractivity contribution >= 4 is 7.25 Å². The molecule has 0 amide bonds. The third kappa shape index (κ3) is 11.0. The van der Waals surface area contributed by atoms with Crippen LogP contribution < -0.4 is 4.57 Å². The lowest BCUT2D eigenvalue weighted by atomic mass is 10.3. The van der Waals surface area contributed by atoms with Crippen molar-refractivity contribution in [2.24, 2.45) is 0 Å². The maximum absolute atomic E-state index is 9.75. The summed E-state index contributed by atoms with van der Waals surface area (Å²) in [5.41, 5.74) is 0. The number of aromatic amines is 1. The fourth-order valence-electron chi connectivity index (χ4n) is 0.713.